The highest BCUT2D eigenvalue weighted by atomic mass is 35.5. The van der Waals surface area contributed by atoms with Gasteiger partial charge in [-0.2, -0.15) is 0 Å². The van der Waals surface area contributed by atoms with Crippen LogP contribution in [0.2, 0.25) is 10.0 Å². The molecular weight excluding hydrogens is 703 g/mol. The molecule has 0 bridgehead atoms. The fourth-order valence-electron chi connectivity index (χ4n) is 3.85. The summed E-state index contributed by atoms with van der Waals surface area (Å²) in [5.41, 5.74) is 3.42. The molecular formula is C34H36Cl3N2O6S2+. The van der Waals surface area contributed by atoms with E-state index in [9.17, 15) is 26.4 Å². The lowest BCUT2D eigenvalue weighted by molar-refractivity contribution is 0.103. The molecule has 0 heterocycles. The highest BCUT2D eigenvalue weighted by Crippen LogP contribution is 2.28. The van der Waals surface area contributed by atoms with Gasteiger partial charge in [0.05, 0.1) is 21.7 Å². The number of ketones is 1. The van der Waals surface area contributed by atoms with Crippen molar-refractivity contribution in [1.82, 2.24) is 0 Å². The molecule has 0 spiro atoms. The third-order valence-corrected chi connectivity index (χ3v) is 9.55. The van der Waals surface area contributed by atoms with Crippen molar-refractivity contribution in [1.29, 1.82) is 0 Å². The molecule has 4 rings (SSSR count). The van der Waals surface area contributed by atoms with E-state index in [1.165, 1.54) is 35.9 Å². The Hall–Kier alpha value is -3.18. The Labute approximate surface area is 292 Å². The summed E-state index contributed by atoms with van der Waals surface area (Å²) < 4.78 is 44.9. The van der Waals surface area contributed by atoms with E-state index in [0.29, 0.717) is 5.56 Å². The monoisotopic (exact) mass is 737 g/mol. The molecule has 4 N–H and O–H groups in total. The van der Waals surface area contributed by atoms with Crippen molar-refractivity contribution in [2.24, 2.45) is 15.7 Å². The lowest BCUT2D eigenvalue weighted by atomic mass is 9.85. The van der Waals surface area contributed by atoms with E-state index in [0.717, 1.165) is 11.6 Å². The van der Waals surface area contributed by atoms with Gasteiger partial charge in [0.15, 0.2) is 5.78 Å². The fourth-order valence-corrected chi connectivity index (χ4v) is 6.11. The summed E-state index contributed by atoms with van der Waals surface area (Å²) in [6, 6.07) is 14.9. The molecule has 0 atom stereocenters. The van der Waals surface area contributed by atoms with Crippen LogP contribution in [-0.4, -0.2) is 27.9 Å². The van der Waals surface area contributed by atoms with E-state index in [4.69, 9.17) is 45.1 Å². The van der Waals surface area contributed by atoms with Crippen LogP contribution in [0.4, 0.5) is 0 Å². The van der Waals surface area contributed by atoms with E-state index < -0.39 is 25.3 Å². The maximum atomic E-state index is 12.5. The standard InChI is InChI=1S/C17H18ClNO3S.C10H13.C7H5Cl2NO3S/c1-17(2,3)13-7-4-11(5-8-13)16(20)12-6-9-14(18)15(10-12)23(19,21)22;1-10(2,3)9-7-5-4-6-8-9;8-5-2-1-4(7(9)11)3-6(5)14(10,12)13/h4-10H,1-3H3,(H2,19,21,22);4-5,7-8H,1-3H3;1-3H,(H2,10,12,13)/q;+1;. The predicted octanol–water partition coefficient (Wildman–Crippen LogP) is 7.77. The molecule has 3 aromatic carbocycles. The zero-order valence-corrected chi connectivity index (χ0v) is 30.5. The first-order chi connectivity index (χ1) is 21.4. The topological polar surface area (TPSA) is 154 Å². The van der Waals surface area contributed by atoms with Crippen LogP contribution in [0.3, 0.4) is 0 Å². The molecule has 0 amide bonds. The molecule has 13 heteroatoms. The third kappa shape index (κ3) is 12.1. The molecule has 250 valence electrons. The van der Waals surface area contributed by atoms with Crippen molar-refractivity contribution >= 4 is 65.9 Å². The Balaban J connectivity index is 0.000000271. The summed E-state index contributed by atoms with van der Waals surface area (Å²) in [4.78, 5) is 22.7. The van der Waals surface area contributed by atoms with Gasteiger partial charge in [0.1, 0.15) is 21.9 Å². The highest BCUT2D eigenvalue weighted by Gasteiger charge is 2.21. The molecule has 0 radical (unpaired) electrons. The largest absolute Gasteiger partial charge is 0.289 e. The number of rotatable bonds is 5. The highest BCUT2D eigenvalue weighted by molar-refractivity contribution is 7.89. The Bertz CT molecular complexity index is 1950. The molecule has 0 aromatic heterocycles. The summed E-state index contributed by atoms with van der Waals surface area (Å²) in [5.74, 6) is -0.285. The van der Waals surface area contributed by atoms with Gasteiger partial charge in [0, 0.05) is 34.3 Å². The van der Waals surface area contributed by atoms with Gasteiger partial charge in [-0.3, -0.25) is 9.59 Å². The van der Waals surface area contributed by atoms with Crippen LogP contribution in [0.25, 0.3) is 0 Å². The molecule has 0 aliphatic heterocycles. The number of carbonyl (C=O) groups is 2. The molecule has 1 aliphatic carbocycles. The van der Waals surface area contributed by atoms with Gasteiger partial charge < -0.3 is 0 Å². The molecule has 0 unspecified atom stereocenters. The minimum Gasteiger partial charge on any atom is -0.289 e. The van der Waals surface area contributed by atoms with Gasteiger partial charge >= 0.3 is 0 Å². The van der Waals surface area contributed by atoms with E-state index in [1.807, 2.05) is 30.4 Å². The first-order valence-corrected chi connectivity index (χ1v) is 18.1. The lowest BCUT2D eigenvalue weighted by Gasteiger charge is -2.19. The van der Waals surface area contributed by atoms with Gasteiger partial charge in [0.25, 0.3) is 5.24 Å². The quantitative estimate of drug-likeness (QED) is 0.155. The zero-order chi connectivity index (χ0) is 36.0. The number of hydrogen-bond donors (Lipinski definition) is 2. The molecule has 47 heavy (non-hydrogen) atoms. The van der Waals surface area contributed by atoms with Crippen molar-refractivity contribution < 1.29 is 26.4 Å². The number of hydrogen-bond acceptors (Lipinski definition) is 6. The minimum atomic E-state index is -3.98. The number of benzene rings is 3. The SMILES string of the molecule is CC(C)(C)C1=CC=C[C+]=C1.CC(C)(C)c1ccc(C(=O)c2ccc(Cl)c(S(N)(=O)=O)c2)cc1.NS(=O)(=O)c1cc(C(=O)Cl)ccc1Cl. The second-order valence-electron chi connectivity index (χ2n) is 12.4. The fraction of sp³-hybridized carbons (Fsp3) is 0.235. The average Bonchev–Trinajstić information content (AvgIpc) is 2.96. The Kier molecular flexibility index (Phi) is 13.5. The predicted molar refractivity (Wildman–Crippen MR) is 189 cm³/mol. The second kappa shape index (κ2) is 15.8. The first kappa shape index (κ1) is 40.0. The number of allylic oxidation sites excluding steroid dienone is 6. The molecule has 0 fully saturated rings. The van der Waals surface area contributed by atoms with Gasteiger partial charge in [-0.15, -0.1) is 0 Å². The maximum Gasteiger partial charge on any atom is 0.252 e. The van der Waals surface area contributed by atoms with Crippen LogP contribution < -0.4 is 10.3 Å². The van der Waals surface area contributed by atoms with Crippen molar-refractivity contribution in [3.63, 3.8) is 0 Å². The normalized spacial score (nSPS) is 12.9. The summed E-state index contributed by atoms with van der Waals surface area (Å²) in [7, 11) is -7.91. The van der Waals surface area contributed by atoms with Gasteiger partial charge in [-0.05, 0) is 79.7 Å². The number of sulfonamides is 2. The van der Waals surface area contributed by atoms with Crippen molar-refractivity contribution in [3.05, 3.63) is 129 Å². The molecule has 8 nitrogen and oxygen atoms in total. The van der Waals surface area contributed by atoms with Gasteiger partial charge in [0.2, 0.25) is 20.0 Å². The second-order valence-corrected chi connectivity index (χ2v) is 16.6. The molecule has 3 aromatic rings. The Morgan fingerprint density at radius 3 is 1.49 bits per heavy atom. The third-order valence-electron chi connectivity index (χ3n) is 6.55. The molecule has 0 saturated carbocycles. The van der Waals surface area contributed by atoms with E-state index in [1.54, 1.807) is 12.1 Å². The summed E-state index contributed by atoms with van der Waals surface area (Å²) in [6.45, 7) is 12.9. The smallest absolute Gasteiger partial charge is 0.252 e. The maximum absolute atomic E-state index is 12.5. The average molecular weight is 739 g/mol. The number of primary sulfonamides is 2. The van der Waals surface area contributed by atoms with Crippen molar-refractivity contribution in [2.75, 3.05) is 0 Å². The van der Waals surface area contributed by atoms with E-state index >= 15 is 0 Å². The minimum absolute atomic E-state index is 0.00729. The molecule has 0 saturated heterocycles. The Morgan fingerprint density at radius 2 is 1.13 bits per heavy atom. The van der Waals surface area contributed by atoms with Crippen molar-refractivity contribution in [3.8, 4) is 0 Å². The summed E-state index contributed by atoms with van der Waals surface area (Å²) in [5, 5.41) is 9.14. The van der Waals surface area contributed by atoms with Crippen LogP contribution >= 0.6 is 34.8 Å². The number of halogens is 3. The lowest BCUT2D eigenvalue weighted by Crippen LogP contribution is -2.14. The van der Waals surface area contributed by atoms with Gasteiger partial charge in [-0.1, -0.05) is 68.2 Å². The van der Waals surface area contributed by atoms with Crippen molar-refractivity contribution in [2.45, 2.75) is 56.7 Å². The number of carbonyl (C=O) groups excluding carboxylic acids is 2. The van der Waals surface area contributed by atoms with E-state index in [-0.39, 0.29) is 47.6 Å². The molecule has 1 aliphatic rings. The van der Waals surface area contributed by atoms with Crippen LogP contribution in [0.5, 0.6) is 0 Å². The van der Waals surface area contributed by atoms with Crippen LogP contribution in [-0.2, 0) is 25.5 Å². The first-order valence-electron chi connectivity index (χ1n) is 13.9. The van der Waals surface area contributed by atoms with E-state index in [2.05, 4.69) is 53.7 Å². The summed E-state index contributed by atoms with van der Waals surface area (Å²) in [6.07, 6.45) is 11.2. The van der Waals surface area contributed by atoms with Crippen LogP contribution in [0.15, 0.2) is 100 Å². The Morgan fingerprint density at radius 1 is 0.681 bits per heavy atom. The van der Waals surface area contributed by atoms with Crippen LogP contribution in [0.1, 0.15) is 73.4 Å². The summed E-state index contributed by atoms with van der Waals surface area (Å²) >= 11 is 16.6. The number of nitrogens with two attached hydrogens (primary N) is 2. The zero-order valence-electron chi connectivity index (χ0n) is 26.6. The van der Waals surface area contributed by atoms with Crippen LogP contribution in [0, 0.1) is 11.5 Å². The van der Waals surface area contributed by atoms with Gasteiger partial charge in [-0.25, -0.2) is 27.1 Å².